The van der Waals surface area contributed by atoms with Crippen molar-refractivity contribution in [1.29, 1.82) is 0 Å². The molecule has 7 heteroatoms. The molecule has 0 spiro atoms. The Morgan fingerprint density at radius 2 is 2.00 bits per heavy atom. The molecule has 0 bridgehead atoms. The number of rotatable bonds is 4. The zero-order valence-corrected chi connectivity index (χ0v) is 10.3. The molecule has 0 saturated heterocycles. The van der Waals surface area contributed by atoms with Crippen molar-refractivity contribution in [1.82, 2.24) is 24.7 Å². The summed E-state index contributed by atoms with van der Waals surface area (Å²) < 4.78 is 1.79. The van der Waals surface area contributed by atoms with Crippen LogP contribution in [-0.4, -0.2) is 30.8 Å². The number of hydrogen-bond donors (Lipinski definition) is 1. The first-order valence-electron chi connectivity index (χ1n) is 5.25. The van der Waals surface area contributed by atoms with Crippen molar-refractivity contribution in [2.24, 2.45) is 0 Å². The lowest BCUT2D eigenvalue weighted by Gasteiger charge is -2.20. The maximum atomic E-state index is 5.72. The lowest BCUT2D eigenvalue weighted by molar-refractivity contribution is 0.441. The number of halogens is 1. The minimum atomic E-state index is 0.123. The molecule has 0 amide bonds. The van der Waals surface area contributed by atoms with Gasteiger partial charge in [-0.05, 0) is 13.8 Å². The monoisotopic (exact) mass is 252 g/mol. The number of nitrogens with zero attached hydrogens (tertiary/aromatic N) is 5. The summed E-state index contributed by atoms with van der Waals surface area (Å²) in [7, 11) is 0. The van der Waals surface area contributed by atoms with E-state index in [4.69, 9.17) is 11.6 Å². The molecule has 90 valence electrons. The van der Waals surface area contributed by atoms with E-state index in [0.29, 0.717) is 11.0 Å². The molecule has 0 aliphatic carbocycles. The molecule has 2 rings (SSSR count). The third kappa shape index (κ3) is 2.91. The zero-order valence-electron chi connectivity index (χ0n) is 9.58. The fraction of sp³-hybridized carbons (Fsp3) is 0.400. The second-order valence-electron chi connectivity index (χ2n) is 3.77. The second kappa shape index (κ2) is 5.09. The molecule has 0 radical (unpaired) electrons. The molecule has 0 fully saturated rings. The maximum Gasteiger partial charge on any atom is 0.222 e. The van der Waals surface area contributed by atoms with Crippen LogP contribution < -0.4 is 5.32 Å². The third-order valence-electron chi connectivity index (χ3n) is 2.55. The Hall–Kier alpha value is -1.69. The minimum Gasteiger partial charge on any atom is -0.350 e. The van der Waals surface area contributed by atoms with Gasteiger partial charge in [0.25, 0.3) is 0 Å². The van der Waals surface area contributed by atoms with Gasteiger partial charge in [-0.15, -0.1) is 0 Å². The highest BCUT2D eigenvalue weighted by Gasteiger charge is 2.15. The maximum absolute atomic E-state index is 5.72. The fourth-order valence-corrected chi connectivity index (χ4v) is 1.47. The third-order valence-corrected chi connectivity index (χ3v) is 2.75. The Balaban J connectivity index is 2.01. The molecule has 6 nitrogen and oxygen atoms in total. The van der Waals surface area contributed by atoms with Crippen LogP contribution >= 0.6 is 11.6 Å². The van der Waals surface area contributed by atoms with Crippen LogP contribution in [0.4, 0.5) is 5.95 Å². The van der Waals surface area contributed by atoms with Gasteiger partial charge in [0.05, 0.1) is 23.5 Å². The van der Waals surface area contributed by atoms with E-state index in [1.165, 1.54) is 6.33 Å². The molecular weight excluding hydrogens is 240 g/mol. The molecular formula is C10H13ClN6. The van der Waals surface area contributed by atoms with Crippen molar-refractivity contribution in [2.75, 3.05) is 5.32 Å². The molecule has 1 N–H and O–H groups in total. The molecule has 0 saturated carbocycles. The van der Waals surface area contributed by atoms with Crippen LogP contribution in [-0.2, 0) is 0 Å². The average molecular weight is 253 g/mol. The summed E-state index contributed by atoms with van der Waals surface area (Å²) in [6.45, 7) is 4.08. The SMILES string of the molecule is C[C@H](Nc1ncc(Cl)cn1)[C@H](C)n1cncn1. The van der Waals surface area contributed by atoms with Gasteiger partial charge in [-0.1, -0.05) is 11.6 Å². The Labute approximate surface area is 104 Å². The smallest absolute Gasteiger partial charge is 0.222 e. The van der Waals surface area contributed by atoms with Crippen molar-refractivity contribution < 1.29 is 0 Å². The molecule has 0 aliphatic heterocycles. The average Bonchev–Trinajstić information content (AvgIpc) is 2.84. The van der Waals surface area contributed by atoms with E-state index in [1.54, 1.807) is 23.4 Å². The van der Waals surface area contributed by atoms with Gasteiger partial charge in [0.2, 0.25) is 5.95 Å². The van der Waals surface area contributed by atoms with Crippen molar-refractivity contribution in [3.8, 4) is 0 Å². The number of aromatic nitrogens is 5. The van der Waals surface area contributed by atoms with Crippen molar-refractivity contribution in [3.05, 3.63) is 30.1 Å². The summed E-state index contributed by atoms with van der Waals surface area (Å²) in [5.41, 5.74) is 0. The Kier molecular flexibility index (Phi) is 3.53. The summed E-state index contributed by atoms with van der Waals surface area (Å²) in [6.07, 6.45) is 6.32. The van der Waals surface area contributed by atoms with E-state index in [2.05, 4.69) is 25.4 Å². The van der Waals surface area contributed by atoms with E-state index in [1.807, 2.05) is 13.8 Å². The highest BCUT2D eigenvalue weighted by atomic mass is 35.5. The molecule has 2 aromatic heterocycles. The first-order chi connectivity index (χ1) is 8.16. The summed E-state index contributed by atoms with van der Waals surface area (Å²) in [4.78, 5) is 12.1. The summed E-state index contributed by atoms with van der Waals surface area (Å²) in [6, 6.07) is 0.273. The molecule has 0 unspecified atom stereocenters. The van der Waals surface area contributed by atoms with Gasteiger partial charge >= 0.3 is 0 Å². The van der Waals surface area contributed by atoms with Crippen LogP contribution in [0, 0.1) is 0 Å². The van der Waals surface area contributed by atoms with Gasteiger partial charge in [0, 0.05) is 6.04 Å². The van der Waals surface area contributed by atoms with Crippen LogP contribution in [0.3, 0.4) is 0 Å². The number of anilines is 1. The van der Waals surface area contributed by atoms with Crippen molar-refractivity contribution in [2.45, 2.75) is 25.9 Å². The van der Waals surface area contributed by atoms with Gasteiger partial charge < -0.3 is 5.32 Å². The first-order valence-corrected chi connectivity index (χ1v) is 5.63. The van der Waals surface area contributed by atoms with E-state index >= 15 is 0 Å². The van der Waals surface area contributed by atoms with Crippen molar-refractivity contribution in [3.63, 3.8) is 0 Å². The quantitative estimate of drug-likeness (QED) is 0.898. The van der Waals surface area contributed by atoms with Crippen LogP contribution in [0.2, 0.25) is 5.02 Å². The molecule has 2 aromatic rings. The largest absolute Gasteiger partial charge is 0.350 e. The van der Waals surface area contributed by atoms with E-state index in [0.717, 1.165) is 0 Å². The van der Waals surface area contributed by atoms with Gasteiger partial charge in [0.1, 0.15) is 12.7 Å². The van der Waals surface area contributed by atoms with E-state index in [9.17, 15) is 0 Å². The molecule has 2 heterocycles. The second-order valence-corrected chi connectivity index (χ2v) is 4.21. The first kappa shape index (κ1) is 11.8. The Bertz CT molecular complexity index is 454. The van der Waals surface area contributed by atoms with Gasteiger partial charge in [-0.2, -0.15) is 5.10 Å². The van der Waals surface area contributed by atoms with Gasteiger partial charge in [0.15, 0.2) is 0 Å². The van der Waals surface area contributed by atoms with Crippen LogP contribution in [0.15, 0.2) is 25.0 Å². The summed E-state index contributed by atoms with van der Waals surface area (Å²) in [5.74, 6) is 0.550. The van der Waals surface area contributed by atoms with E-state index in [-0.39, 0.29) is 12.1 Å². The van der Waals surface area contributed by atoms with E-state index < -0.39 is 0 Å². The van der Waals surface area contributed by atoms with Crippen LogP contribution in [0.5, 0.6) is 0 Å². The fourth-order valence-electron chi connectivity index (χ4n) is 1.37. The highest BCUT2D eigenvalue weighted by Crippen LogP contribution is 2.13. The van der Waals surface area contributed by atoms with Crippen LogP contribution in [0.1, 0.15) is 19.9 Å². The molecule has 17 heavy (non-hydrogen) atoms. The lowest BCUT2D eigenvalue weighted by atomic mass is 10.2. The normalized spacial score (nSPS) is 14.3. The molecule has 2 atom stereocenters. The number of nitrogens with one attached hydrogen (secondary N) is 1. The van der Waals surface area contributed by atoms with Gasteiger partial charge in [-0.25, -0.2) is 19.6 Å². The molecule has 0 aromatic carbocycles. The summed E-state index contributed by atoms with van der Waals surface area (Å²) in [5, 5.41) is 7.81. The van der Waals surface area contributed by atoms with Gasteiger partial charge in [-0.3, -0.25) is 0 Å². The zero-order chi connectivity index (χ0) is 12.3. The predicted octanol–water partition coefficient (Wildman–Crippen LogP) is 1.78. The lowest BCUT2D eigenvalue weighted by Crippen LogP contribution is -2.27. The molecule has 0 aliphatic rings. The highest BCUT2D eigenvalue weighted by molar-refractivity contribution is 6.30. The standard InChI is InChI=1S/C10H13ClN6/c1-7(8(2)17-6-12-5-15-17)16-10-13-3-9(11)4-14-10/h3-8H,1-2H3,(H,13,14,16)/t7-,8-/m0/s1. The minimum absolute atomic E-state index is 0.123. The van der Waals surface area contributed by atoms with Crippen molar-refractivity contribution >= 4 is 17.5 Å². The Morgan fingerprint density at radius 3 is 2.59 bits per heavy atom. The topological polar surface area (TPSA) is 68.5 Å². The number of hydrogen-bond acceptors (Lipinski definition) is 5. The summed E-state index contributed by atoms with van der Waals surface area (Å²) >= 11 is 5.72. The van der Waals surface area contributed by atoms with Crippen LogP contribution in [0.25, 0.3) is 0 Å². The Morgan fingerprint density at radius 1 is 1.29 bits per heavy atom. The predicted molar refractivity (Wildman–Crippen MR) is 64.9 cm³/mol.